The van der Waals surface area contributed by atoms with Crippen LogP contribution < -0.4 is 15.0 Å². The van der Waals surface area contributed by atoms with Crippen LogP contribution in [0.5, 0.6) is 5.75 Å². The molecule has 0 spiro atoms. The monoisotopic (exact) mass is 320 g/mol. The molecule has 126 valence electrons. The molecule has 1 aliphatic heterocycles. The first-order valence-corrected chi connectivity index (χ1v) is 8.02. The van der Waals surface area contributed by atoms with E-state index >= 15 is 0 Å². The number of benzene rings is 1. The number of amides is 2. The highest BCUT2D eigenvalue weighted by Crippen LogP contribution is 2.10. The minimum absolute atomic E-state index is 0.0482. The van der Waals surface area contributed by atoms with Gasteiger partial charge in [0.25, 0.3) is 5.91 Å². The van der Waals surface area contributed by atoms with Gasteiger partial charge in [-0.05, 0) is 24.6 Å². The summed E-state index contributed by atoms with van der Waals surface area (Å²) in [5, 5.41) is 2.99. The van der Waals surface area contributed by atoms with E-state index in [2.05, 4.69) is 5.32 Å². The molecule has 0 aromatic heterocycles. The molecule has 0 bridgehead atoms. The number of ether oxygens (including phenoxy) is 1. The van der Waals surface area contributed by atoms with Crippen LogP contribution in [0.25, 0.3) is 0 Å². The summed E-state index contributed by atoms with van der Waals surface area (Å²) >= 11 is 0. The number of carbonyl (C=O) groups is 2. The standard InChI is InChI=1S/C17H25N3O3/c1-13(19-8-10-20(11-9-19)14(2)21)17(22)18-12-15-4-6-16(23-3)7-5-15/h4-7,13H,8-12H2,1-3H3,(H,18,22)/p+1/t13-/m1/s1. The molecule has 1 aromatic rings. The zero-order valence-electron chi connectivity index (χ0n) is 14.1. The average Bonchev–Trinajstić information content (AvgIpc) is 2.59. The van der Waals surface area contributed by atoms with Crippen LogP contribution in [0.3, 0.4) is 0 Å². The molecule has 1 aliphatic rings. The maximum atomic E-state index is 12.3. The first-order chi connectivity index (χ1) is 11.0. The zero-order valence-corrected chi connectivity index (χ0v) is 14.1. The summed E-state index contributed by atoms with van der Waals surface area (Å²) in [6.45, 7) is 7.13. The summed E-state index contributed by atoms with van der Waals surface area (Å²) in [6.07, 6.45) is 0. The topological polar surface area (TPSA) is 63.1 Å². The lowest BCUT2D eigenvalue weighted by Crippen LogP contribution is -3.19. The van der Waals surface area contributed by atoms with E-state index in [4.69, 9.17) is 4.74 Å². The number of carbonyl (C=O) groups excluding carboxylic acids is 2. The number of piperazine rings is 1. The van der Waals surface area contributed by atoms with Crippen LogP contribution in [0.4, 0.5) is 0 Å². The Morgan fingerprint density at radius 2 is 1.87 bits per heavy atom. The average molecular weight is 320 g/mol. The van der Waals surface area contributed by atoms with Gasteiger partial charge in [0.15, 0.2) is 6.04 Å². The molecule has 0 radical (unpaired) electrons. The third-order valence-electron chi connectivity index (χ3n) is 4.48. The first kappa shape index (κ1) is 17.3. The number of methoxy groups -OCH3 is 1. The van der Waals surface area contributed by atoms with Gasteiger partial charge < -0.3 is 19.9 Å². The number of hydrogen-bond donors (Lipinski definition) is 2. The summed E-state index contributed by atoms with van der Waals surface area (Å²) in [7, 11) is 1.63. The largest absolute Gasteiger partial charge is 0.497 e. The summed E-state index contributed by atoms with van der Waals surface area (Å²) < 4.78 is 5.12. The van der Waals surface area contributed by atoms with Gasteiger partial charge in [-0.3, -0.25) is 9.59 Å². The van der Waals surface area contributed by atoms with E-state index in [1.165, 1.54) is 4.90 Å². The number of quaternary nitrogens is 1. The van der Waals surface area contributed by atoms with Crippen molar-refractivity contribution < 1.29 is 19.2 Å². The van der Waals surface area contributed by atoms with Gasteiger partial charge in [0.05, 0.1) is 33.3 Å². The molecule has 1 saturated heterocycles. The fourth-order valence-corrected chi connectivity index (χ4v) is 2.81. The lowest BCUT2D eigenvalue weighted by molar-refractivity contribution is -0.918. The summed E-state index contributed by atoms with van der Waals surface area (Å²) in [5.74, 6) is 0.967. The summed E-state index contributed by atoms with van der Waals surface area (Å²) in [4.78, 5) is 26.7. The molecule has 6 heteroatoms. The maximum absolute atomic E-state index is 12.3. The van der Waals surface area contributed by atoms with Crippen molar-refractivity contribution in [3.8, 4) is 5.75 Å². The Morgan fingerprint density at radius 1 is 1.26 bits per heavy atom. The number of rotatable bonds is 5. The molecule has 6 nitrogen and oxygen atoms in total. The normalized spacial score (nSPS) is 16.7. The fourth-order valence-electron chi connectivity index (χ4n) is 2.81. The Balaban J connectivity index is 1.79. The van der Waals surface area contributed by atoms with Gasteiger partial charge in [-0.15, -0.1) is 0 Å². The molecule has 2 N–H and O–H groups in total. The number of nitrogens with one attached hydrogen (secondary N) is 2. The van der Waals surface area contributed by atoms with Crippen molar-refractivity contribution in [3.05, 3.63) is 29.8 Å². The highest BCUT2D eigenvalue weighted by Gasteiger charge is 2.29. The summed E-state index contributed by atoms with van der Waals surface area (Å²) in [5.41, 5.74) is 1.04. The van der Waals surface area contributed by atoms with Crippen molar-refractivity contribution in [2.45, 2.75) is 26.4 Å². The molecule has 1 aromatic carbocycles. The fraction of sp³-hybridized carbons (Fsp3) is 0.529. The molecule has 0 saturated carbocycles. The van der Waals surface area contributed by atoms with Crippen LogP contribution in [0.2, 0.25) is 0 Å². The minimum Gasteiger partial charge on any atom is -0.497 e. The molecule has 2 rings (SSSR count). The van der Waals surface area contributed by atoms with E-state index < -0.39 is 0 Å². The molecule has 1 atom stereocenters. The predicted octanol–water partition coefficient (Wildman–Crippen LogP) is -0.553. The van der Waals surface area contributed by atoms with E-state index in [9.17, 15) is 9.59 Å². The Hall–Kier alpha value is -2.08. The van der Waals surface area contributed by atoms with Crippen molar-refractivity contribution in [1.82, 2.24) is 10.2 Å². The van der Waals surface area contributed by atoms with E-state index in [0.717, 1.165) is 37.5 Å². The molecular weight excluding hydrogens is 294 g/mol. The van der Waals surface area contributed by atoms with Crippen LogP contribution in [0.15, 0.2) is 24.3 Å². The van der Waals surface area contributed by atoms with Gasteiger partial charge in [0.2, 0.25) is 5.91 Å². The van der Waals surface area contributed by atoms with Crippen LogP contribution in [0.1, 0.15) is 19.4 Å². The van der Waals surface area contributed by atoms with Crippen LogP contribution in [-0.4, -0.2) is 56.0 Å². The minimum atomic E-state index is -0.109. The van der Waals surface area contributed by atoms with Crippen molar-refractivity contribution >= 4 is 11.8 Å². The van der Waals surface area contributed by atoms with Crippen molar-refractivity contribution in [3.63, 3.8) is 0 Å². The number of nitrogens with zero attached hydrogens (tertiary/aromatic N) is 1. The van der Waals surface area contributed by atoms with E-state index in [1.54, 1.807) is 14.0 Å². The SMILES string of the molecule is COc1ccc(CNC(=O)[C@@H](C)[NH+]2CCN(C(C)=O)CC2)cc1. The quantitative estimate of drug-likeness (QED) is 0.765. The Bertz CT molecular complexity index is 537. The van der Waals surface area contributed by atoms with E-state index in [0.29, 0.717) is 6.54 Å². The van der Waals surface area contributed by atoms with Gasteiger partial charge in [-0.25, -0.2) is 0 Å². The lowest BCUT2D eigenvalue weighted by Gasteiger charge is -2.34. The Kier molecular flexibility index (Phi) is 5.98. The van der Waals surface area contributed by atoms with Gasteiger partial charge >= 0.3 is 0 Å². The molecule has 1 heterocycles. The molecule has 23 heavy (non-hydrogen) atoms. The second-order valence-electron chi connectivity index (χ2n) is 5.95. The van der Waals surface area contributed by atoms with Gasteiger partial charge in [0.1, 0.15) is 5.75 Å². The van der Waals surface area contributed by atoms with E-state index in [-0.39, 0.29) is 17.9 Å². The predicted molar refractivity (Wildman–Crippen MR) is 87.3 cm³/mol. The second-order valence-corrected chi connectivity index (χ2v) is 5.95. The number of hydrogen-bond acceptors (Lipinski definition) is 3. The zero-order chi connectivity index (χ0) is 16.8. The summed E-state index contributed by atoms with van der Waals surface area (Å²) in [6, 6.07) is 7.56. The van der Waals surface area contributed by atoms with Crippen LogP contribution in [0, 0.1) is 0 Å². The Labute approximate surface area is 137 Å². The highest BCUT2D eigenvalue weighted by molar-refractivity contribution is 5.80. The van der Waals surface area contributed by atoms with Crippen molar-refractivity contribution in [2.24, 2.45) is 0 Å². The van der Waals surface area contributed by atoms with E-state index in [1.807, 2.05) is 36.1 Å². The third-order valence-corrected chi connectivity index (χ3v) is 4.48. The molecular formula is C17H26N3O3+. The molecule has 0 aliphatic carbocycles. The van der Waals surface area contributed by atoms with Crippen LogP contribution >= 0.6 is 0 Å². The Morgan fingerprint density at radius 3 is 2.39 bits per heavy atom. The lowest BCUT2D eigenvalue weighted by atomic mass is 10.2. The third kappa shape index (κ3) is 4.69. The molecule has 0 unspecified atom stereocenters. The van der Waals surface area contributed by atoms with Gasteiger partial charge in [-0.2, -0.15) is 0 Å². The van der Waals surface area contributed by atoms with Crippen LogP contribution in [-0.2, 0) is 16.1 Å². The second kappa shape index (κ2) is 7.97. The maximum Gasteiger partial charge on any atom is 0.278 e. The molecule has 1 fully saturated rings. The van der Waals surface area contributed by atoms with Crippen molar-refractivity contribution in [2.75, 3.05) is 33.3 Å². The molecule has 2 amide bonds. The van der Waals surface area contributed by atoms with Crippen molar-refractivity contribution in [1.29, 1.82) is 0 Å². The van der Waals surface area contributed by atoms with Gasteiger partial charge in [-0.1, -0.05) is 12.1 Å². The smallest absolute Gasteiger partial charge is 0.278 e. The first-order valence-electron chi connectivity index (χ1n) is 8.02. The highest BCUT2D eigenvalue weighted by atomic mass is 16.5. The van der Waals surface area contributed by atoms with Gasteiger partial charge in [0, 0.05) is 13.5 Å².